The topological polar surface area (TPSA) is 53.0 Å². The third-order valence-electron chi connectivity index (χ3n) is 7.50. The molecule has 3 aromatic carbocycles. The smallest absolute Gasteiger partial charge is 0.320 e. The van der Waals surface area contributed by atoms with E-state index in [1.807, 2.05) is 86.3 Å². The van der Waals surface area contributed by atoms with Gasteiger partial charge in [0.2, 0.25) is 0 Å². The first-order valence-corrected chi connectivity index (χ1v) is 14.5. The monoisotopic (exact) mass is 564 g/mol. The minimum Gasteiger partial charge on any atom is -0.459 e. The van der Waals surface area contributed by atoms with Crippen molar-refractivity contribution in [2.45, 2.75) is 83.3 Å². The Balaban J connectivity index is 1.69. The highest BCUT2D eigenvalue weighted by Gasteiger charge is 2.38. The predicted octanol–water partition coefficient (Wildman–Crippen LogP) is 6.14. The lowest BCUT2D eigenvalue weighted by atomic mass is 9.88. The third kappa shape index (κ3) is 9.45. The number of nitrogens with zero attached hydrogens (tertiary/aromatic N) is 2. The molecule has 1 N–H and O–H groups in total. The molecule has 0 unspecified atom stereocenters. The van der Waals surface area contributed by atoms with E-state index in [1.54, 1.807) is 0 Å². The normalized spacial score (nSPS) is 17.8. The minimum atomic E-state index is -0.892. The maximum atomic E-state index is 14.3. The average molecular weight is 565 g/mol. The van der Waals surface area contributed by atoms with Gasteiger partial charge in [0.1, 0.15) is 17.2 Å². The van der Waals surface area contributed by atoms with Gasteiger partial charge in [-0.1, -0.05) is 67.1 Å². The Hall–Kier alpha value is -3.13. The van der Waals surface area contributed by atoms with Gasteiger partial charge in [-0.05, 0) is 75.4 Å². The number of carbonyl (C=O) groups is 1. The van der Waals surface area contributed by atoms with Crippen LogP contribution in [0.2, 0.25) is 0 Å². The van der Waals surface area contributed by atoms with Gasteiger partial charge in [-0.15, -0.1) is 0 Å². The van der Waals surface area contributed by atoms with Crippen molar-refractivity contribution in [2.24, 2.45) is 0 Å². The fourth-order valence-electron chi connectivity index (χ4n) is 5.76. The second-order valence-electron chi connectivity index (χ2n) is 12.0. The van der Waals surface area contributed by atoms with Crippen LogP contribution < -0.4 is 0 Å². The molecule has 0 radical (unpaired) electrons. The first-order chi connectivity index (χ1) is 19.6. The second kappa shape index (κ2) is 14.2. The quantitative estimate of drug-likeness (QED) is 0.284. The maximum absolute atomic E-state index is 14.3. The van der Waals surface area contributed by atoms with Crippen LogP contribution in [0.3, 0.4) is 0 Å². The number of rotatable bonds is 11. The maximum Gasteiger partial charge on any atom is 0.320 e. The van der Waals surface area contributed by atoms with E-state index in [9.17, 15) is 18.7 Å². The summed E-state index contributed by atoms with van der Waals surface area (Å²) >= 11 is 0. The zero-order valence-electron chi connectivity index (χ0n) is 24.3. The van der Waals surface area contributed by atoms with Crippen LogP contribution in [0.15, 0.2) is 78.9 Å². The van der Waals surface area contributed by atoms with Crippen molar-refractivity contribution in [1.82, 2.24) is 9.80 Å². The number of aliphatic hydroxyl groups excluding tert-OH is 1. The average Bonchev–Trinajstić information content (AvgIpc) is 2.91. The molecule has 220 valence electrons. The molecule has 1 saturated heterocycles. The van der Waals surface area contributed by atoms with Crippen molar-refractivity contribution in [3.63, 3.8) is 0 Å². The van der Waals surface area contributed by atoms with E-state index in [0.717, 1.165) is 30.0 Å². The molecule has 0 aromatic heterocycles. The van der Waals surface area contributed by atoms with Gasteiger partial charge in [0.25, 0.3) is 0 Å². The standard InChI is InChI=1S/C34H42F2N2O3/c1-34(2,3)41-32(39)24-37-17-11-10-16-30(37)33(40)31(20-27-18-28(35)21-29(36)19-27)38(22-25-12-6-4-7-13-25)23-26-14-8-5-9-15-26/h4-9,12-15,18-19,21,30-31,33,40H,10-11,16-17,20,22-24H2,1-3H3/t30-,31+,33-/m1/s1. The van der Waals surface area contributed by atoms with Gasteiger partial charge in [0.15, 0.2) is 0 Å². The van der Waals surface area contributed by atoms with Crippen molar-refractivity contribution in [2.75, 3.05) is 13.1 Å². The number of esters is 1. The molecule has 1 heterocycles. The molecule has 1 aliphatic rings. The summed E-state index contributed by atoms with van der Waals surface area (Å²) in [5, 5.41) is 12.2. The van der Waals surface area contributed by atoms with Crippen LogP contribution in [-0.2, 0) is 29.0 Å². The number of hydrogen-bond acceptors (Lipinski definition) is 5. The van der Waals surface area contributed by atoms with Crippen molar-refractivity contribution in [3.8, 4) is 0 Å². The Morgan fingerprint density at radius 1 is 0.927 bits per heavy atom. The number of carbonyl (C=O) groups excluding carboxylic acids is 1. The molecule has 0 amide bonds. The number of ether oxygens (including phenoxy) is 1. The largest absolute Gasteiger partial charge is 0.459 e. The molecular formula is C34H42F2N2O3. The molecule has 1 aliphatic heterocycles. The number of benzene rings is 3. The molecule has 1 fully saturated rings. The molecule has 3 atom stereocenters. The highest BCUT2D eigenvalue weighted by Crippen LogP contribution is 2.28. The molecule has 7 heteroatoms. The summed E-state index contributed by atoms with van der Waals surface area (Å²) in [6.45, 7) is 7.34. The van der Waals surface area contributed by atoms with Crippen molar-refractivity contribution >= 4 is 5.97 Å². The van der Waals surface area contributed by atoms with Crippen LogP contribution >= 0.6 is 0 Å². The molecule has 4 rings (SSSR count). The fourth-order valence-corrected chi connectivity index (χ4v) is 5.76. The van der Waals surface area contributed by atoms with Crippen LogP contribution in [0.4, 0.5) is 8.78 Å². The van der Waals surface area contributed by atoms with Gasteiger partial charge in [0, 0.05) is 31.2 Å². The number of piperidine rings is 1. The van der Waals surface area contributed by atoms with Gasteiger partial charge in [-0.2, -0.15) is 0 Å². The lowest BCUT2D eigenvalue weighted by molar-refractivity contribution is -0.158. The fraction of sp³-hybridized carbons (Fsp3) is 0.441. The number of hydrogen-bond donors (Lipinski definition) is 1. The Kier molecular flexibility index (Phi) is 10.6. The van der Waals surface area contributed by atoms with E-state index in [1.165, 1.54) is 12.1 Å². The van der Waals surface area contributed by atoms with Crippen molar-refractivity contribution in [3.05, 3.63) is 107 Å². The van der Waals surface area contributed by atoms with Gasteiger partial charge in [-0.3, -0.25) is 14.6 Å². The molecule has 0 aliphatic carbocycles. The summed E-state index contributed by atoms with van der Waals surface area (Å²) in [7, 11) is 0. The zero-order chi connectivity index (χ0) is 29.4. The van der Waals surface area contributed by atoms with E-state index in [2.05, 4.69) is 4.90 Å². The second-order valence-corrected chi connectivity index (χ2v) is 12.0. The lowest BCUT2D eigenvalue weighted by Crippen LogP contribution is -2.57. The highest BCUT2D eigenvalue weighted by atomic mass is 19.1. The first kappa shape index (κ1) is 30.8. The zero-order valence-corrected chi connectivity index (χ0v) is 24.3. The Labute approximate surface area is 242 Å². The van der Waals surface area contributed by atoms with E-state index in [4.69, 9.17) is 4.74 Å². The Bertz CT molecular complexity index is 1190. The highest BCUT2D eigenvalue weighted by molar-refractivity contribution is 5.72. The van der Waals surface area contributed by atoms with Gasteiger partial charge < -0.3 is 9.84 Å². The van der Waals surface area contributed by atoms with E-state index in [0.29, 0.717) is 31.6 Å². The summed E-state index contributed by atoms with van der Waals surface area (Å²) in [6, 6.07) is 22.7. The predicted molar refractivity (Wildman–Crippen MR) is 157 cm³/mol. The molecule has 5 nitrogen and oxygen atoms in total. The molecule has 41 heavy (non-hydrogen) atoms. The minimum absolute atomic E-state index is 0.0810. The molecular weight excluding hydrogens is 522 g/mol. The van der Waals surface area contributed by atoms with Gasteiger partial charge in [0.05, 0.1) is 12.6 Å². The van der Waals surface area contributed by atoms with Crippen LogP contribution in [0.25, 0.3) is 0 Å². The van der Waals surface area contributed by atoms with E-state index in [-0.39, 0.29) is 25.0 Å². The SMILES string of the molecule is CC(C)(C)OC(=O)CN1CCCC[C@@H]1[C@@H](O)[C@H](Cc1cc(F)cc(F)c1)N(Cc1ccccc1)Cc1ccccc1. The molecule has 3 aromatic rings. The summed E-state index contributed by atoms with van der Waals surface area (Å²) in [5.74, 6) is -1.61. The summed E-state index contributed by atoms with van der Waals surface area (Å²) < 4.78 is 34.2. The molecule has 0 spiro atoms. The van der Waals surface area contributed by atoms with Crippen molar-refractivity contribution < 1.29 is 23.4 Å². The van der Waals surface area contributed by atoms with Crippen LogP contribution in [-0.4, -0.2) is 57.8 Å². The van der Waals surface area contributed by atoms with E-state index < -0.39 is 29.4 Å². The van der Waals surface area contributed by atoms with Gasteiger partial charge >= 0.3 is 5.97 Å². The number of halogens is 2. The van der Waals surface area contributed by atoms with Crippen LogP contribution in [0, 0.1) is 11.6 Å². The van der Waals surface area contributed by atoms with Crippen LogP contribution in [0.1, 0.15) is 56.7 Å². The summed E-state index contributed by atoms with van der Waals surface area (Å²) in [6.07, 6.45) is 1.90. The van der Waals surface area contributed by atoms with Crippen LogP contribution in [0.5, 0.6) is 0 Å². The molecule has 0 bridgehead atoms. The lowest BCUT2D eigenvalue weighted by Gasteiger charge is -2.44. The summed E-state index contributed by atoms with van der Waals surface area (Å²) in [4.78, 5) is 17.0. The summed E-state index contributed by atoms with van der Waals surface area (Å²) in [5.41, 5.74) is 2.01. The molecule has 0 saturated carbocycles. The van der Waals surface area contributed by atoms with Gasteiger partial charge in [-0.25, -0.2) is 8.78 Å². The van der Waals surface area contributed by atoms with Crippen molar-refractivity contribution in [1.29, 1.82) is 0 Å². The Morgan fingerprint density at radius 2 is 1.49 bits per heavy atom. The number of likely N-dealkylation sites (tertiary alicyclic amines) is 1. The Morgan fingerprint density at radius 3 is 2.02 bits per heavy atom. The third-order valence-corrected chi connectivity index (χ3v) is 7.50. The van der Waals surface area contributed by atoms with E-state index >= 15 is 0 Å². The number of aliphatic hydroxyl groups is 1. The first-order valence-electron chi connectivity index (χ1n) is 14.5.